The van der Waals surface area contributed by atoms with Gasteiger partial charge in [-0.3, -0.25) is 4.79 Å². The molecule has 31 nitrogen and oxygen atoms in total. The lowest BCUT2D eigenvalue weighted by molar-refractivity contribution is -0.383. The Morgan fingerprint density at radius 2 is 1.06 bits per heavy atom. The van der Waals surface area contributed by atoms with Crippen molar-refractivity contribution in [3.8, 4) is 0 Å². The monoisotopic (exact) mass is 1250 g/mol. The first-order chi connectivity index (χ1) is 40.7. The van der Waals surface area contributed by atoms with Crippen LogP contribution in [0.5, 0.6) is 0 Å². The molecule has 0 radical (unpaired) electrons. The number of fused-ring (bicyclic) bond motifs is 3. The molecule has 5 saturated heterocycles. The predicted octanol–water partition coefficient (Wildman–Crippen LogP) is -8.32. The van der Waals surface area contributed by atoms with Gasteiger partial charge in [0, 0.05) is 6.42 Å². The van der Waals surface area contributed by atoms with Gasteiger partial charge in [-0.05, 0) is 87.4 Å². The highest BCUT2D eigenvalue weighted by Gasteiger charge is 2.62. The van der Waals surface area contributed by atoms with Gasteiger partial charge < -0.3 is 149 Å². The van der Waals surface area contributed by atoms with Gasteiger partial charge in [0.05, 0.1) is 57.3 Å². The quantitative estimate of drug-likeness (QED) is 0.0375. The maximum absolute atomic E-state index is 15.1. The molecule has 0 aromatic carbocycles. The number of aliphatic hydroxyl groups is 20. The van der Waals surface area contributed by atoms with Crippen molar-refractivity contribution in [2.24, 2.45) is 34.5 Å². The highest BCUT2D eigenvalue weighted by Crippen LogP contribution is 2.64. The summed E-state index contributed by atoms with van der Waals surface area (Å²) in [4.78, 5) is 15.1. The minimum atomic E-state index is -2.06. The van der Waals surface area contributed by atoms with E-state index < -0.39 is 241 Å². The van der Waals surface area contributed by atoms with Crippen molar-refractivity contribution < 1.29 is 154 Å². The molecule has 0 spiro atoms. The summed E-state index contributed by atoms with van der Waals surface area (Å²) in [6, 6.07) is 0. The zero-order valence-corrected chi connectivity index (χ0v) is 47.9. The zero-order chi connectivity index (χ0) is 63.0. The SMILES string of the molecule is C=C1CC2CCC3[C@](C)(C(=O)OC4OC(CO)C(O)C(O)C4OC4OC(CO)C(O)C(O)C4OC4CC(O)C(O)C(CO)O4)CCC[C@@]3(C)[C@@H]2CCC1CC(OC1OC(CO)C(O)C(O)C1OC1OC(CO)C(O)C(O)C1O)C(O)C(O)C(O)CO. The predicted molar refractivity (Wildman–Crippen MR) is 281 cm³/mol. The van der Waals surface area contributed by atoms with Gasteiger partial charge in [-0.15, -0.1) is 0 Å². The van der Waals surface area contributed by atoms with Crippen LogP contribution in [0.3, 0.4) is 0 Å². The number of carbonyl (C=O) groups excluding carboxylic acids is 1. The van der Waals surface area contributed by atoms with Crippen LogP contribution in [0, 0.1) is 34.5 Å². The van der Waals surface area contributed by atoms with Crippen LogP contribution in [0.4, 0.5) is 0 Å². The standard InChI is InChI=1S/C55H92O31/c1-20-11-22-6-8-32-54(2,23(22)7-5-21(20)12-26(36(66)35(65)25(63)14-56)78-50-47(43(73)39(69)29(17-59)80-50)84-49-45(75)41(71)37(67)28(16-58)79-49)9-4-10-55(32,3)53(76)86-52-48(44(74)40(70)31(19-61)82-52)85-51-46(42(72)38(68)30(18-60)81-51)83-33-13-24(62)34(64)27(15-57)77-33/h21-52,56-75H,1,4-19H2,2-3H3/t21?,22?,23-,24?,25?,26?,27?,28?,29?,30?,31?,32?,33?,34?,35?,36?,37?,38?,39?,40?,41?,42?,43?,44?,45?,46?,47?,48?,49?,50?,51?,52?,54+,55-/m1/s1. The smallest absolute Gasteiger partial charge is 0.314 e. The molecule has 0 aromatic heterocycles. The number of ether oxygens (including phenoxy) is 10. The third kappa shape index (κ3) is 14.0. The molecule has 3 aliphatic carbocycles. The zero-order valence-electron chi connectivity index (χ0n) is 47.9. The Hall–Kier alpha value is -1.95. The molecule has 31 unspecified atom stereocenters. The normalized spacial score (nSPS) is 49.1. The number of hydrogen-bond acceptors (Lipinski definition) is 31. The van der Waals surface area contributed by atoms with Crippen molar-refractivity contribution in [1.82, 2.24) is 0 Å². The maximum Gasteiger partial charge on any atom is 0.314 e. The van der Waals surface area contributed by atoms with E-state index in [0.717, 1.165) is 0 Å². The summed E-state index contributed by atoms with van der Waals surface area (Å²) in [7, 11) is 0. The fourth-order valence-corrected chi connectivity index (χ4v) is 14.8. The van der Waals surface area contributed by atoms with Gasteiger partial charge in [0.15, 0.2) is 31.3 Å². The summed E-state index contributed by atoms with van der Waals surface area (Å²) in [5, 5.41) is 213. The summed E-state index contributed by atoms with van der Waals surface area (Å²) < 4.78 is 59.2. The first-order valence-corrected chi connectivity index (χ1v) is 29.7. The average molecular weight is 1250 g/mol. The molecule has 0 bridgehead atoms. The fourth-order valence-electron chi connectivity index (χ4n) is 14.8. The minimum absolute atomic E-state index is 0.0105. The summed E-state index contributed by atoms with van der Waals surface area (Å²) in [6.07, 6.45) is -46.4. The third-order valence-electron chi connectivity index (χ3n) is 19.9. The van der Waals surface area contributed by atoms with Crippen LogP contribution < -0.4 is 0 Å². The van der Waals surface area contributed by atoms with Gasteiger partial charge in [0.2, 0.25) is 6.29 Å². The van der Waals surface area contributed by atoms with E-state index in [-0.39, 0.29) is 24.2 Å². The maximum atomic E-state index is 15.1. The Labute approximate surface area is 495 Å². The molecule has 20 N–H and O–H groups in total. The highest BCUT2D eigenvalue weighted by molar-refractivity contribution is 5.77. The van der Waals surface area contributed by atoms with E-state index in [2.05, 4.69) is 13.5 Å². The van der Waals surface area contributed by atoms with E-state index in [1.165, 1.54) is 0 Å². The number of esters is 1. The Morgan fingerprint density at radius 3 is 1.63 bits per heavy atom. The Bertz CT molecular complexity index is 2170. The second-order valence-corrected chi connectivity index (χ2v) is 25.2. The van der Waals surface area contributed by atoms with Gasteiger partial charge in [0.1, 0.15) is 122 Å². The van der Waals surface area contributed by atoms with E-state index >= 15 is 4.79 Å². The summed E-state index contributed by atoms with van der Waals surface area (Å²) in [5.74, 6) is -1.79. The van der Waals surface area contributed by atoms with Gasteiger partial charge in [-0.2, -0.15) is 0 Å². The Kier molecular flexibility index (Phi) is 23.9. The van der Waals surface area contributed by atoms with Gasteiger partial charge in [-0.1, -0.05) is 25.5 Å². The van der Waals surface area contributed by atoms with Crippen molar-refractivity contribution in [3.63, 3.8) is 0 Å². The molecule has 8 rings (SSSR count). The molecule has 3 saturated carbocycles. The summed E-state index contributed by atoms with van der Waals surface area (Å²) in [5.41, 5.74) is -1.14. The second-order valence-electron chi connectivity index (χ2n) is 25.2. The number of aliphatic hydroxyl groups excluding tert-OH is 20. The van der Waals surface area contributed by atoms with Crippen molar-refractivity contribution >= 4 is 5.97 Å². The molecular weight excluding hydrogens is 1160 g/mol. The van der Waals surface area contributed by atoms with Gasteiger partial charge in [0.25, 0.3) is 0 Å². The van der Waals surface area contributed by atoms with Crippen LogP contribution in [-0.2, 0) is 52.2 Å². The lowest BCUT2D eigenvalue weighted by Crippen LogP contribution is -2.66. The van der Waals surface area contributed by atoms with Gasteiger partial charge in [-0.25, -0.2) is 0 Å². The van der Waals surface area contributed by atoms with Crippen molar-refractivity contribution in [2.45, 2.75) is 250 Å². The van der Waals surface area contributed by atoms with E-state index in [0.29, 0.717) is 56.9 Å². The molecule has 5 aliphatic heterocycles. The second kappa shape index (κ2) is 29.3. The molecule has 8 fully saturated rings. The molecule has 0 aromatic rings. The van der Waals surface area contributed by atoms with E-state index in [1.54, 1.807) is 6.92 Å². The van der Waals surface area contributed by atoms with E-state index in [9.17, 15) is 102 Å². The molecule has 498 valence electrons. The first-order valence-electron chi connectivity index (χ1n) is 29.7. The van der Waals surface area contributed by atoms with Crippen molar-refractivity contribution in [1.29, 1.82) is 0 Å². The van der Waals surface area contributed by atoms with Crippen LogP contribution in [0.2, 0.25) is 0 Å². The van der Waals surface area contributed by atoms with Crippen LogP contribution >= 0.6 is 0 Å². The number of rotatable bonds is 21. The molecule has 0 amide bonds. The molecular formula is C55H92O31. The number of hydrogen-bond donors (Lipinski definition) is 20. The molecule has 5 heterocycles. The summed E-state index contributed by atoms with van der Waals surface area (Å²) >= 11 is 0. The Balaban J connectivity index is 1.01. The fraction of sp³-hybridized carbons (Fsp3) is 0.945. The molecule has 34 atom stereocenters. The first kappa shape index (κ1) is 69.9. The van der Waals surface area contributed by atoms with E-state index in [1.807, 2.05) is 0 Å². The largest absolute Gasteiger partial charge is 0.432 e. The van der Waals surface area contributed by atoms with Crippen LogP contribution in [-0.4, -0.2) is 320 Å². The number of carbonyl (C=O) groups is 1. The van der Waals surface area contributed by atoms with Crippen LogP contribution in [0.25, 0.3) is 0 Å². The lowest BCUT2D eigenvalue weighted by Gasteiger charge is -2.59. The summed E-state index contributed by atoms with van der Waals surface area (Å²) in [6.45, 7) is 3.10. The molecule has 86 heavy (non-hydrogen) atoms. The number of allylic oxidation sites excluding steroid dienone is 1. The lowest BCUT2D eigenvalue weighted by atomic mass is 9.45. The Morgan fingerprint density at radius 1 is 0.558 bits per heavy atom. The third-order valence-corrected chi connectivity index (χ3v) is 19.9. The average Bonchev–Trinajstić information content (AvgIpc) is 1.03. The van der Waals surface area contributed by atoms with E-state index in [4.69, 9.17) is 47.4 Å². The topological polar surface area (TPSA) is 514 Å². The molecule has 8 aliphatic rings. The highest BCUT2D eigenvalue weighted by atomic mass is 16.8. The minimum Gasteiger partial charge on any atom is -0.432 e. The van der Waals surface area contributed by atoms with Crippen molar-refractivity contribution in [3.05, 3.63) is 12.2 Å². The molecule has 31 heteroatoms. The van der Waals surface area contributed by atoms with Crippen LogP contribution in [0.15, 0.2) is 12.2 Å². The van der Waals surface area contributed by atoms with Crippen molar-refractivity contribution in [2.75, 3.05) is 39.6 Å². The van der Waals surface area contributed by atoms with Gasteiger partial charge >= 0.3 is 5.97 Å². The van der Waals surface area contributed by atoms with Crippen LogP contribution in [0.1, 0.15) is 78.1 Å².